The van der Waals surface area contributed by atoms with Gasteiger partial charge in [0.05, 0.1) is 30.1 Å². The highest BCUT2D eigenvalue weighted by Crippen LogP contribution is 2.27. The molecule has 1 saturated heterocycles. The van der Waals surface area contributed by atoms with Gasteiger partial charge in [-0.15, -0.1) is 0 Å². The lowest BCUT2D eigenvalue weighted by Crippen LogP contribution is -2.30. The molecule has 1 amide bonds. The van der Waals surface area contributed by atoms with E-state index in [-0.39, 0.29) is 12.5 Å². The Labute approximate surface area is 196 Å². The molecule has 0 unspecified atom stereocenters. The zero-order chi connectivity index (χ0) is 23.5. The molecule has 1 aromatic heterocycles. The van der Waals surface area contributed by atoms with Gasteiger partial charge >= 0.3 is 0 Å². The molecule has 0 radical (unpaired) electrons. The maximum absolute atomic E-state index is 13.1. The molecule has 1 aliphatic rings. The van der Waals surface area contributed by atoms with Gasteiger partial charge in [-0.2, -0.15) is 10.4 Å². The zero-order valence-corrected chi connectivity index (χ0v) is 19.1. The van der Waals surface area contributed by atoms with Crippen LogP contribution < -0.4 is 19.7 Å². The number of carbonyl (C=O) groups is 1. The predicted octanol–water partition coefficient (Wildman–Crippen LogP) is 3.45. The van der Waals surface area contributed by atoms with Crippen molar-refractivity contribution >= 4 is 35.0 Å². The summed E-state index contributed by atoms with van der Waals surface area (Å²) in [4.78, 5) is 14.5. The van der Waals surface area contributed by atoms with Crippen molar-refractivity contribution in [3.05, 3.63) is 76.7 Å². The van der Waals surface area contributed by atoms with E-state index < -0.39 is 0 Å². The number of ether oxygens (including phenoxy) is 2. The van der Waals surface area contributed by atoms with Crippen LogP contribution in [0.3, 0.4) is 0 Å². The third-order valence-corrected chi connectivity index (χ3v) is 5.38. The fourth-order valence-corrected chi connectivity index (χ4v) is 3.81. The van der Waals surface area contributed by atoms with Crippen LogP contribution in [0.15, 0.2) is 54.4 Å². The lowest BCUT2D eigenvalue weighted by atomic mass is 10.1. The first-order valence-corrected chi connectivity index (χ1v) is 10.5. The Balaban J connectivity index is 1.56. The topological polar surface area (TPSA) is 92.4 Å². The number of anilines is 1. The van der Waals surface area contributed by atoms with Crippen LogP contribution in [-0.2, 0) is 18.4 Å². The number of aryl methyl sites for hydroxylation is 2. The van der Waals surface area contributed by atoms with E-state index >= 15 is 0 Å². The summed E-state index contributed by atoms with van der Waals surface area (Å²) in [7, 11) is 3.39. The van der Waals surface area contributed by atoms with E-state index in [1.165, 1.54) is 4.90 Å². The molecule has 4 rings (SSSR count). The van der Waals surface area contributed by atoms with Crippen LogP contribution in [0.4, 0.5) is 5.69 Å². The summed E-state index contributed by atoms with van der Waals surface area (Å²) in [6.45, 7) is 2.09. The van der Waals surface area contributed by atoms with Crippen molar-refractivity contribution in [2.45, 2.75) is 13.5 Å². The van der Waals surface area contributed by atoms with Crippen LogP contribution in [0.1, 0.15) is 22.4 Å². The van der Waals surface area contributed by atoms with Gasteiger partial charge in [-0.05, 0) is 67.2 Å². The van der Waals surface area contributed by atoms with Gasteiger partial charge in [-0.1, -0.05) is 6.07 Å². The molecule has 0 saturated carbocycles. The number of hydrogen-bond acceptors (Lipinski definition) is 6. The Kier molecular flexibility index (Phi) is 6.11. The summed E-state index contributed by atoms with van der Waals surface area (Å²) in [6.07, 6.45) is 3.50. The van der Waals surface area contributed by atoms with Crippen LogP contribution in [0.25, 0.3) is 6.08 Å². The fourth-order valence-electron chi connectivity index (χ4n) is 3.52. The van der Waals surface area contributed by atoms with Crippen molar-refractivity contribution in [3.63, 3.8) is 0 Å². The molecule has 0 bridgehead atoms. The van der Waals surface area contributed by atoms with Crippen LogP contribution in [0.5, 0.6) is 11.5 Å². The number of nitrogens with zero attached hydrogens (tertiary/aromatic N) is 4. The molecule has 0 atom stereocenters. The Hall–Kier alpha value is -4.16. The molecule has 1 aliphatic heterocycles. The highest BCUT2D eigenvalue weighted by atomic mass is 32.1. The second kappa shape index (κ2) is 9.14. The van der Waals surface area contributed by atoms with Gasteiger partial charge in [-0.3, -0.25) is 9.48 Å². The average Bonchev–Trinajstić information content (AvgIpc) is 3.28. The van der Waals surface area contributed by atoms with Gasteiger partial charge in [0.2, 0.25) is 0 Å². The number of amides is 1. The van der Waals surface area contributed by atoms with Gasteiger partial charge in [0.15, 0.2) is 5.11 Å². The van der Waals surface area contributed by atoms with E-state index in [0.29, 0.717) is 39.3 Å². The second-order valence-electron chi connectivity index (χ2n) is 7.40. The Bertz CT molecular complexity index is 1300. The molecule has 8 nitrogen and oxygen atoms in total. The normalized spacial score (nSPS) is 14.4. The van der Waals surface area contributed by atoms with E-state index in [2.05, 4.69) is 16.5 Å². The number of nitriles is 1. The first kappa shape index (κ1) is 22.0. The number of aromatic nitrogens is 2. The largest absolute Gasteiger partial charge is 0.496 e. The highest BCUT2D eigenvalue weighted by Gasteiger charge is 2.33. The monoisotopic (exact) mass is 459 g/mol. The number of methoxy groups -OCH3 is 1. The van der Waals surface area contributed by atoms with E-state index in [0.717, 1.165) is 11.1 Å². The lowest BCUT2D eigenvalue weighted by Gasteiger charge is -2.12. The number of benzene rings is 2. The van der Waals surface area contributed by atoms with Gasteiger partial charge in [0.1, 0.15) is 23.8 Å². The second-order valence-corrected chi connectivity index (χ2v) is 7.78. The first-order valence-electron chi connectivity index (χ1n) is 10.1. The number of hydrogen-bond donors (Lipinski definition) is 1. The summed E-state index contributed by atoms with van der Waals surface area (Å²) >= 11 is 5.40. The zero-order valence-electron chi connectivity index (χ0n) is 18.3. The van der Waals surface area contributed by atoms with Gasteiger partial charge in [0, 0.05) is 18.8 Å². The van der Waals surface area contributed by atoms with Crippen molar-refractivity contribution in [1.82, 2.24) is 15.1 Å². The summed E-state index contributed by atoms with van der Waals surface area (Å²) in [5, 5.41) is 16.5. The molecule has 9 heteroatoms. The van der Waals surface area contributed by atoms with E-state index in [1.54, 1.807) is 55.4 Å². The van der Waals surface area contributed by atoms with Crippen molar-refractivity contribution < 1.29 is 14.3 Å². The van der Waals surface area contributed by atoms with Crippen molar-refractivity contribution in [2.24, 2.45) is 7.05 Å². The quantitative estimate of drug-likeness (QED) is 0.446. The minimum Gasteiger partial charge on any atom is -0.496 e. The van der Waals surface area contributed by atoms with Crippen LogP contribution >= 0.6 is 12.2 Å². The van der Waals surface area contributed by atoms with Crippen LogP contribution in [-0.4, -0.2) is 27.9 Å². The number of carbonyl (C=O) groups excluding carboxylic acids is 1. The van der Waals surface area contributed by atoms with Crippen molar-refractivity contribution in [2.75, 3.05) is 12.0 Å². The molecule has 0 aliphatic carbocycles. The molecule has 1 N–H and O–H groups in total. The maximum Gasteiger partial charge on any atom is 0.281 e. The van der Waals surface area contributed by atoms with Gasteiger partial charge in [-0.25, -0.2) is 4.90 Å². The average molecular weight is 460 g/mol. The third-order valence-electron chi connectivity index (χ3n) is 5.10. The molecular weight excluding hydrogens is 438 g/mol. The fraction of sp³-hybridized carbons (Fsp3) is 0.167. The molecule has 0 spiro atoms. The summed E-state index contributed by atoms with van der Waals surface area (Å²) < 4.78 is 13.0. The smallest absolute Gasteiger partial charge is 0.281 e. The van der Waals surface area contributed by atoms with Gasteiger partial charge in [0.25, 0.3) is 5.91 Å². The lowest BCUT2D eigenvalue weighted by molar-refractivity contribution is -0.113. The minimum absolute atomic E-state index is 0.248. The standard InChI is InChI=1S/C24H21N5O3S/c1-15-21(13-28(2)27-15)29-23(30)20(26-24(29)33)11-17-6-9-22(31-3)18(10-17)14-32-19-7-4-16(12-25)5-8-19/h4-11,13H,14H2,1-3H3,(H,26,33)/b20-11+. The van der Waals surface area contributed by atoms with Crippen molar-refractivity contribution in [1.29, 1.82) is 5.26 Å². The SMILES string of the molecule is COc1ccc(/C=C2/NC(=S)N(c3cn(C)nc3C)C2=O)cc1COc1ccc(C#N)cc1. The Morgan fingerprint density at radius 2 is 2.00 bits per heavy atom. The van der Waals surface area contributed by atoms with E-state index in [4.69, 9.17) is 27.0 Å². The van der Waals surface area contributed by atoms with E-state index in [1.807, 2.05) is 25.1 Å². The molecular formula is C24H21N5O3S. The summed E-state index contributed by atoms with van der Waals surface area (Å²) in [5.41, 5.74) is 3.89. The third kappa shape index (κ3) is 4.56. The first-order chi connectivity index (χ1) is 15.9. The predicted molar refractivity (Wildman–Crippen MR) is 128 cm³/mol. The highest BCUT2D eigenvalue weighted by molar-refractivity contribution is 7.80. The molecule has 1 fully saturated rings. The molecule has 166 valence electrons. The van der Waals surface area contributed by atoms with Crippen LogP contribution in [0, 0.1) is 18.3 Å². The van der Waals surface area contributed by atoms with Crippen molar-refractivity contribution in [3.8, 4) is 17.6 Å². The molecule has 33 heavy (non-hydrogen) atoms. The maximum atomic E-state index is 13.1. The number of thiocarbonyl (C=S) groups is 1. The van der Waals surface area contributed by atoms with E-state index in [9.17, 15) is 4.79 Å². The minimum atomic E-state index is -0.248. The Morgan fingerprint density at radius 1 is 1.24 bits per heavy atom. The summed E-state index contributed by atoms with van der Waals surface area (Å²) in [6, 6.07) is 14.5. The van der Waals surface area contributed by atoms with Crippen LogP contribution in [0.2, 0.25) is 0 Å². The summed E-state index contributed by atoms with van der Waals surface area (Å²) in [5.74, 6) is 1.06. The Morgan fingerprint density at radius 3 is 2.64 bits per heavy atom. The number of rotatable bonds is 6. The van der Waals surface area contributed by atoms with Gasteiger partial charge < -0.3 is 14.8 Å². The molecule has 3 aromatic rings. The molecule has 2 aromatic carbocycles. The number of nitrogens with one attached hydrogen (secondary N) is 1. The molecule has 2 heterocycles.